The fourth-order valence-electron chi connectivity index (χ4n) is 3.39. The number of sulfonamides is 1. The van der Waals surface area contributed by atoms with Crippen LogP contribution in [0.1, 0.15) is 25.0 Å². The van der Waals surface area contributed by atoms with Gasteiger partial charge in [0.25, 0.3) is 15.9 Å². The van der Waals surface area contributed by atoms with Crippen LogP contribution in [0.4, 0.5) is 5.69 Å². The van der Waals surface area contributed by atoms with E-state index in [4.69, 9.17) is 25.8 Å². The predicted molar refractivity (Wildman–Crippen MR) is 142 cm³/mol. The lowest BCUT2D eigenvalue weighted by Crippen LogP contribution is -2.35. The Kier molecular flexibility index (Phi) is 9.01. The van der Waals surface area contributed by atoms with E-state index in [1.165, 1.54) is 49.6 Å². The molecule has 0 bridgehead atoms. The third-order valence-corrected chi connectivity index (χ3v) is 7.15. The highest BCUT2D eigenvalue weighted by atomic mass is 35.5. The molecular weight excluding hydrogens is 502 g/mol. The molecule has 36 heavy (non-hydrogen) atoms. The number of aryl methyl sites for hydroxylation is 1. The van der Waals surface area contributed by atoms with Gasteiger partial charge in [0, 0.05) is 6.08 Å². The third kappa shape index (κ3) is 6.19. The molecule has 0 aliphatic carbocycles. The van der Waals surface area contributed by atoms with Gasteiger partial charge in [0.15, 0.2) is 11.5 Å². The molecule has 0 spiro atoms. The summed E-state index contributed by atoms with van der Waals surface area (Å²) in [5, 5.41) is 0.170. The number of methoxy groups -OCH3 is 1. The van der Waals surface area contributed by atoms with Crippen LogP contribution in [0.2, 0.25) is 5.02 Å². The van der Waals surface area contributed by atoms with Gasteiger partial charge in [-0.3, -0.25) is 4.79 Å². The summed E-state index contributed by atoms with van der Waals surface area (Å²) in [4.78, 5) is 13.4. The van der Waals surface area contributed by atoms with Gasteiger partial charge in [-0.2, -0.15) is 4.31 Å². The number of anilines is 1. The van der Waals surface area contributed by atoms with Crippen molar-refractivity contribution in [1.29, 1.82) is 0 Å². The smallest absolute Gasteiger partial charge is 0.271 e. The van der Waals surface area contributed by atoms with Crippen LogP contribution in [0, 0.1) is 6.92 Å². The van der Waals surface area contributed by atoms with Crippen LogP contribution in [0.15, 0.2) is 71.6 Å². The Morgan fingerprint density at radius 3 is 2.17 bits per heavy atom. The first-order valence-corrected chi connectivity index (χ1v) is 13.1. The molecule has 0 N–H and O–H groups in total. The molecule has 0 aliphatic heterocycles. The Labute approximate surface area is 216 Å². The summed E-state index contributed by atoms with van der Waals surface area (Å²) in [5.74, 6) is 0.692. The number of hydrogen-bond donors (Lipinski definition) is 0. The summed E-state index contributed by atoms with van der Waals surface area (Å²) in [7, 11) is -2.81. The van der Waals surface area contributed by atoms with E-state index in [0.717, 1.165) is 9.87 Å². The Hall–Kier alpha value is -3.49. The zero-order valence-electron chi connectivity index (χ0n) is 20.5. The van der Waals surface area contributed by atoms with Crippen molar-refractivity contribution in [3.8, 4) is 17.2 Å². The zero-order valence-corrected chi connectivity index (χ0v) is 22.1. The maximum atomic E-state index is 13.6. The molecule has 3 aromatic carbocycles. The Morgan fingerprint density at radius 2 is 1.56 bits per heavy atom. The highest BCUT2D eigenvalue weighted by Gasteiger charge is 2.30. The van der Waals surface area contributed by atoms with E-state index in [1.54, 1.807) is 30.3 Å². The molecule has 0 radical (unpaired) electrons. The molecule has 7 nitrogen and oxygen atoms in total. The molecule has 3 rings (SSSR count). The molecule has 0 fully saturated rings. The lowest BCUT2D eigenvalue weighted by molar-refractivity contribution is -0.113. The number of benzene rings is 3. The van der Waals surface area contributed by atoms with Crippen LogP contribution in [-0.2, 0) is 14.8 Å². The summed E-state index contributed by atoms with van der Waals surface area (Å²) in [6.07, 6.45) is 2.71. The van der Waals surface area contributed by atoms with Gasteiger partial charge in [0.1, 0.15) is 5.75 Å². The van der Waals surface area contributed by atoms with Gasteiger partial charge < -0.3 is 14.2 Å². The summed E-state index contributed by atoms with van der Waals surface area (Å²) < 4.78 is 44.2. The number of halogens is 1. The maximum absolute atomic E-state index is 13.6. The minimum absolute atomic E-state index is 0.0264. The molecule has 1 amide bonds. The first kappa shape index (κ1) is 27.1. The van der Waals surface area contributed by atoms with Gasteiger partial charge in [0.2, 0.25) is 0 Å². The van der Waals surface area contributed by atoms with E-state index in [1.807, 2.05) is 20.8 Å². The first-order valence-electron chi connectivity index (χ1n) is 11.3. The van der Waals surface area contributed by atoms with E-state index in [9.17, 15) is 13.2 Å². The van der Waals surface area contributed by atoms with E-state index in [0.29, 0.717) is 36.0 Å². The molecule has 0 saturated carbocycles. The standard InChI is InChI=1S/C27H28ClNO6S/c1-5-34-25-14-9-20(17-26(25)35-6-2)10-16-27(30)29(21-11-15-24(33-4)23(28)18-21)36(31,32)22-12-7-19(3)8-13-22/h7-18H,5-6H2,1-4H3/b16-10+. The highest BCUT2D eigenvalue weighted by Crippen LogP contribution is 2.33. The van der Waals surface area contributed by atoms with E-state index in [-0.39, 0.29) is 15.6 Å². The molecule has 9 heteroatoms. The molecule has 0 aromatic heterocycles. The van der Waals surface area contributed by atoms with Crippen molar-refractivity contribution in [3.63, 3.8) is 0 Å². The second-order valence-electron chi connectivity index (χ2n) is 7.65. The van der Waals surface area contributed by atoms with Crippen LogP contribution < -0.4 is 18.5 Å². The topological polar surface area (TPSA) is 82.1 Å². The SMILES string of the molecule is CCOc1ccc(/C=C/C(=O)N(c2ccc(OC)c(Cl)c2)S(=O)(=O)c2ccc(C)cc2)cc1OCC. The van der Waals surface area contributed by atoms with Gasteiger partial charge >= 0.3 is 0 Å². The summed E-state index contributed by atoms with van der Waals surface area (Å²) in [6, 6.07) is 15.8. The molecule has 0 heterocycles. The number of carbonyl (C=O) groups excluding carboxylic acids is 1. The van der Waals surface area contributed by atoms with Crippen LogP contribution in [-0.4, -0.2) is 34.6 Å². The Bertz CT molecular complexity index is 1350. The zero-order chi connectivity index (χ0) is 26.3. The molecule has 3 aromatic rings. The van der Waals surface area contributed by atoms with Crippen LogP contribution in [0.3, 0.4) is 0 Å². The second kappa shape index (κ2) is 12.0. The Balaban J connectivity index is 2.04. The van der Waals surface area contributed by atoms with Crippen molar-refractivity contribution in [2.75, 3.05) is 24.6 Å². The molecule has 0 unspecified atom stereocenters. The number of nitrogens with zero attached hydrogens (tertiary/aromatic N) is 1. The van der Waals surface area contributed by atoms with Crippen molar-refractivity contribution in [1.82, 2.24) is 0 Å². The molecule has 190 valence electrons. The monoisotopic (exact) mass is 529 g/mol. The molecule has 0 saturated heterocycles. The molecule has 0 aliphatic rings. The normalized spacial score (nSPS) is 11.4. The Morgan fingerprint density at radius 1 is 0.917 bits per heavy atom. The third-order valence-electron chi connectivity index (χ3n) is 5.12. The van der Waals surface area contributed by atoms with E-state index in [2.05, 4.69) is 0 Å². The average Bonchev–Trinajstić information content (AvgIpc) is 2.85. The van der Waals surface area contributed by atoms with Crippen molar-refractivity contribution < 1.29 is 27.4 Å². The summed E-state index contributed by atoms with van der Waals surface area (Å²) in [6.45, 7) is 6.49. The first-order chi connectivity index (χ1) is 17.2. The summed E-state index contributed by atoms with van der Waals surface area (Å²) in [5.41, 5.74) is 1.60. The van der Waals surface area contributed by atoms with Crippen molar-refractivity contribution in [3.05, 3.63) is 82.9 Å². The maximum Gasteiger partial charge on any atom is 0.271 e. The highest BCUT2D eigenvalue weighted by molar-refractivity contribution is 7.93. The number of hydrogen-bond acceptors (Lipinski definition) is 6. The van der Waals surface area contributed by atoms with Gasteiger partial charge in [-0.15, -0.1) is 0 Å². The van der Waals surface area contributed by atoms with Gasteiger partial charge in [-0.1, -0.05) is 35.4 Å². The number of ether oxygens (including phenoxy) is 3. The van der Waals surface area contributed by atoms with Gasteiger partial charge in [0.05, 0.1) is 35.9 Å². The lowest BCUT2D eigenvalue weighted by atomic mass is 10.2. The summed E-state index contributed by atoms with van der Waals surface area (Å²) >= 11 is 6.25. The van der Waals surface area contributed by atoms with Gasteiger partial charge in [-0.05, 0) is 74.9 Å². The number of amides is 1. The average molecular weight is 530 g/mol. The van der Waals surface area contributed by atoms with Crippen LogP contribution >= 0.6 is 11.6 Å². The second-order valence-corrected chi connectivity index (χ2v) is 9.84. The number of rotatable bonds is 10. The predicted octanol–water partition coefficient (Wildman–Crippen LogP) is 5.89. The minimum atomic E-state index is -4.25. The fraction of sp³-hybridized carbons (Fsp3) is 0.222. The van der Waals surface area contributed by atoms with E-state index < -0.39 is 15.9 Å². The van der Waals surface area contributed by atoms with E-state index >= 15 is 0 Å². The van der Waals surface area contributed by atoms with Crippen molar-refractivity contribution in [2.45, 2.75) is 25.7 Å². The largest absolute Gasteiger partial charge is 0.495 e. The van der Waals surface area contributed by atoms with Crippen molar-refractivity contribution >= 4 is 39.3 Å². The van der Waals surface area contributed by atoms with Crippen LogP contribution in [0.5, 0.6) is 17.2 Å². The van der Waals surface area contributed by atoms with Gasteiger partial charge in [-0.25, -0.2) is 8.42 Å². The van der Waals surface area contributed by atoms with Crippen molar-refractivity contribution in [2.24, 2.45) is 0 Å². The minimum Gasteiger partial charge on any atom is -0.495 e. The molecular formula is C27H28ClNO6S. The fourth-order valence-corrected chi connectivity index (χ4v) is 5.02. The van der Waals surface area contributed by atoms with Crippen LogP contribution in [0.25, 0.3) is 6.08 Å². The quantitative estimate of drug-likeness (QED) is 0.305. The molecule has 0 atom stereocenters. The lowest BCUT2D eigenvalue weighted by Gasteiger charge is -2.22. The number of carbonyl (C=O) groups is 1.